The third kappa shape index (κ3) is 13.6. The monoisotopic (exact) mass is 1100 g/mol. The van der Waals surface area contributed by atoms with Crippen LogP contribution in [0.3, 0.4) is 0 Å². The molecular weight excluding hydrogens is 1080 g/mol. The van der Waals surface area contributed by atoms with Crippen molar-refractivity contribution in [3.8, 4) is 11.4 Å². The molecule has 0 aliphatic heterocycles. The molecule has 0 unspecified atom stereocenters. The van der Waals surface area contributed by atoms with Gasteiger partial charge in [-0.2, -0.15) is 10.2 Å². The number of carbonyl (C=O) groups excluding carboxylic acids is 2. The van der Waals surface area contributed by atoms with Crippen molar-refractivity contribution >= 4 is 75.2 Å². The van der Waals surface area contributed by atoms with Crippen molar-refractivity contribution in [1.82, 2.24) is 19.6 Å². The molecule has 0 saturated carbocycles. The van der Waals surface area contributed by atoms with E-state index in [4.69, 9.17) is 0 Å². The minimum atomic E-state index is -4.72. The molecule has 6 aromatic rings. The average Bonchev–Trinajstić information content (AvgIpc) is 3.71. The number of carboxylic acid groups (broad SMARTS) is 2. The summed E-state index contributed by atoms with van der Waals surface area (Å²) < 4.78 is 133. The zero-order valence-corrected chi connectivity index (χ0v) is 37.5. The number of rotatable bonds is 12. The van der Waals surface area contributed by atoms with Gasteiger partial charge in [-0.3, -0.25) is 19.8 Å². The molecule has 0 amide bonds. The molecule has 342 valence electrons. The van der Waals surface area contributed by atoms with Gasteiger partial charge in [0.15, 0.2) is 11.4 Å². The molecule has 0 spiro atoms. The number of aromatic carboxylic acids is 2. The fourth-order valence-corrected chi connectivity index (χ4v) is 6.67. The Hall–Kier alpha value is -5.76. The van der Waals surface area contributed by atoms with Crippen LogP contribution in [0.5, 0.6) is 0 Å². The number of azo groups is 2. The Morgan fingerprint density at radius 1 is 0.415 bits per heavy atom. The maximum Gasteiger partial charge on any atom is 2.00 e. The van der Waals surface area contributed by atoms with Gasteiger partial charge in [-0.15, -0.1) is 10.2 Å². The van der Waals surface area contributed by atoms with Crippen molar-refractivity contribution in [2.75, 3.05) is 0 Å². The molecule has 6 rings (SSSR count). The first-order valence-electron chi connectivity index (χ1n) is 16.0. The van der Waals surface area contributed by atoms with Gasteiger partial charge in [-0.25, -0.2) is 43.0 Å². The number of nitrogens with zero attached hydrogens (tertiary/aromatic N) is 6. The number of carboxylic acids is 2. The van der Waals surface area contributed by atoms with Gasteiger partial charge in [0, 0.05) is 0 Å². The summed E-state index contributed by atoms with van der Waals surface area (Å²) in [5, 5.41) is 41.6. The van der Waals surface area contributed by atoms with E-state index < -0.39 is 106 Å². The molecule has 2 aromatic heterocycles. The normalized spacial score (nSPS) is 11.8. The summed E-state index contributed by atoms with van der Waals surface area (Å²) in [6.45, 7) is 0. The van der Waals surface area contributed by atoms with E-state index >= 15 is 0 Å². The number of aromatic amines is 2. The molecule has 4 aromatic carbocycles. The minimum Gasteiger partial charge on any atom is -0.744 e. The van der Waals surface area contributed by atoms with Crippen LogP contribution in [0.1, 0.15) is 21.0 Å². The van der Waals surface area contributed by atoms with Gasteiger partial charge in [0.1, 0.15) is 51.9 Å². The molecule has 26 nitrogen and oxygen atoms in total. The standard InChI is InChI=1S/2C16H12N4O9S2.3Fe/c2*21-15-13(18-17-9-1-5-11(6-2-9)30(24,25)26)14(16(22)23)19-20(15)10-3-7-12(8-4-10)31(27,28)29;;;/h2*1-8,19H,(H,22,23)(H,24,25,26)(H,27,28,29);;;/q;;3*+2/p-6. The Kier molecular flexibility index (Phi) is 18.3. The van der Waals surface area contributed by atoms with Gasteiger partial charge >= 0.3 is 51.2 Å². The van der Waals surface area contributed by atoms with Crippen molar-refractivity contribution in [2.24, 2.45) is 20.5 Å². The molecule has 0 saturated heterocycles. The summed E-state index contributed by atoms with van der Waals surface area (Å²) in [5.74, 6) is -3.59. The summed E-state index contributed by atoms with van der Waals surface area (Å²) in [5.41, 5.74) is -4.79. The van der Waals surface area contributed by atoms with Crippen molar-refractivity contribution in [3.05, 3.63) is 129 Å². The average molecular weight is 1100 g/mol. The molecule has 0 bridgehead atoms. The maximum absolute atomic E-state index is 12.6. The summed E-state index contributed by atoms with van der Waals surface area (Å²) in [6.07, 6.45) is 0. The molecule has 0 aliphatic rings. The van der Waals surface area contributed by atoms with E-state index in [1.54, 1.807) is 0 Å². The van der Waals surface area contributed by atoms with Gasteiger partial charge < -0.3 is 38.0 Å². The minimum absolute atomic E-state index is 0. The third-order valence-electron chi connectivity index (χ3n) is 7.69. The van der Waals surface area contributed by atoms with E-state index in [1.807, 2.05) is 0 Å². The Morgan fingerprint density at radius 3 is 0.862 bits per heavy atom. The second-order valence-corrected chi connectivity index (χ2v) is 17.2. The number of hydrogen-bond donors (Lipinski definition) is 2. The third-order valence-corrected chi connectivity index (χ3v) is 11.1. The van der Waals surface area contributed by atoms with Gasteiger partial charge in [0.25, 0.3) is 11.1 Å². The van der Waals surface area contributed by atoms with Crippen molar-refractivity contribution in [3.63, 3.8) is 0 Å². The molecule has 33 heteroatoms. The second-order valence-electron chi connectivity index (χ2n) is 11.7. The van der Waals surface area contributed by atoms with Crippen LogP contribution in [0.15, 0.2) is 147 Å². The van der Waals surface area contributed by atoms with E-state index in [9.17, 15) is 81.3 Å². The number of aromatic nitrogens is 4. The van der Waals surface area contributed by atoms with Gasteiger partial charge in [-0.05, 0) is 97.1 Å². The molecule has 65 heavy (non-hydrogen) atoms. The number of hydrogen-bond acceptors (Lipinski definition) is 22. The molecule has 2 N–H and O–H groups in total. The predicted molar refractivity (Wildman–Crippen MR) is 195 cm³/mol. The zero-order valence-electron chi connectivity index (χ0n) is 31.0. The van der Waals surface area contributed by atoms with Gasteiger partial charge in [0.05, 0.1) is 54.3 Å². The quantitative estimate of drug-likeness (QED) is 0.0886. The van der Waals surface area contributed by atoms with Crippen LogP contribution in [0.25, 0.3) is 11.4 Å². The van der Waals surface area contributed by atoms with E-state index in [1.165, 1.54) is 0 Å². The molecule has 0 atom stereocenters. The van der Waals surface area contributed by atoms with Crippen LogP contribution < -0.4 is 21.3 Å². The molecule has 2 heterocycles. The SMILES string of the molecule is O=C([O-])c1[nH]n(-c2ccc(S(=O)(=O)[O-])cc2)c(=O)c1N=Nc1ccc(S(=O)(=O)[O-])cc1.O=C([O-])c1[nH]n(-c2ccc(S(=O)(=O)[O-])cc2)c(=O)c1N=Nc1ccc(S(=O)(=O)[O-])cc1.[Fe+2].[Fe+2].[Fe+2]. The molecule has 0 radical (unpaired) electrons. The second kappa shape index (κ2) is 21.5. The number of benzene rings is 4. The molecule has 0 aliphatic carbocycles. The van der Waals surface area contributed by atoms with E-state index in [0.29, 0.717) is 9.36 Å². The van der Waals surface area contributed by atoms with E-state index in [0.717, 1.165) is 97.1 Å². The van der Waals surface area contributed by atoms with Gasteiger partial charge in [-0.1, -0.05) is 0 Å². The van der Waals surface area contributed by atoms with Crippen molar-refractivity contribution in [1.29, 1.82) is 0 Å². The summed E-state index contributed by atoms with van der Waals surface area (Å²) in [4.78, 5) is 45.7. The number of nitrogens with one attached hydrogen (secondary N) is 2. The maximum atomic E-state index is 12.6. The van der Waals surface area contributed by atoms with Crippen LogP contribution in [-0.2, 0) is 91.7 Å². The topological polar surface area (TPSA) is 434 Å². The first kappa shape index (κ1) is 55.4. The van der Waals surface area contributed by atoms with Crippen LogP contribution >= 0.6 is 0 Å². The number of H-pyrrole nitrogens is 2. The molecular formula is C32H18Fe3N8O18S4. The largest absolute Gasteiger partial charge is 2.00 e. The van der Waals surface area contributed by atoms with Crippen LogP contribution in [-0.4, -0.2) is 83.4 Å². The first-order chi connectivity index (χ1) is 28.8. The fourth-order valence-electron chi connectivity index (χ4n) is 4.79. The summed E-state index contributed by atoms with van der Waals surface area (Å²) in [6, 6.07) is 16.3. The Labute approximate surface area is 395 Å². The van der Waals surface area contributed by atoms with E-state index in [2.05, 4.69) is 30.7 Å². The van der Waals surface area contributed by atoms with Crippen molar-refractivity contribution in [2.45, 2.75) is 19.6 Å². The summed E-state index contributed by atoms with van der Waals surface area (Å²) >= 11 is 0. The zero-order chi connectivity index (χ0) is 45.9. The predicted octanol–water partition coefficient (Wildman–Crippen LogP) is -0.502. The van der Waals surface area contributed by atoms with Crippen LogP contribution in [0, 0.1) is 0 Å². The smallest absolute Gasteiger partial charge is 0.744 e. The van der Waals surface area contributed by atoms with Crippen LogP contribution in [0.4, 0.5) is 22.7 Å². The molecule has 0 fully saturated rings. The number of carbonyl (C=O) groups is 2. The first-order valence-corrected chi connectivity index (χ1v) is 21.6. The fraction of sp³-hybridized carbons (Fsp3) is 0. The van der Waals surface area contributed by atoms with Crippen molar-refractivity contribution < 1.29 is 123 Å². The van der Waals surface area contributed by atoms with Crippen LogP contribution in [0.2, 0.25) is 0 Å². The van der Waals surface area contributed by atoms with E-state index in [-0.39, 0.29) is 74.0 Å². The Morgan fingerprint density at radius 2 is 0.646 bits per heavy atom. The Balaban J connectivity index is 0.000000427. The van der Waals surface area contributed by atoms with Gasteiger partial charge in [0.2, 0.25) is 0 Å². The summed E-state index contributed by atoms with van der Waals surface area (Å²) in [7, 11) is -18.8. The Bertz CT molecular complexity index is 3150.